The zero-order valence-electron chi connectivity index (χ0n) is 21.3. The highest BCUT2D eigenvalue weighted by atomic mass is 16.3. The summed E-state index contributed by atoms with van der Waals surface area (Å²) in [5.74, 6) is 1.21. The van der Waals surface area contributed by atoms with Gasteiger partial charge in [0.05, 0.1) is 11.4 Å². The smallest absolute Gasteiger partial charge is 0.227 e. The number of furan rings is 1. The van der Waals surface area contributed by atoms with Gasteiger partial charge in [0, 0.05) is 33.0 Å². The van der Waals surface area contributed by atoms with Gasteiger partial charge in [-0.05, 0) is 42.5 Å². The Kier molecular flexibility index (Phi) is 5.07. The van der Waals surface area contributed by atoms with Crippen LogP contribution in [0, 0.1) is 0 Å². The second-order valence-electron chi connectivity index (χ2n) is 9.67. The quantitative estimate of drug-likeness (QED) is 0.234. The molecular weight excluding hydrogens is 494 g/mol. The summed E-state index contributed by atoms with van der Waals surface area (Å²) in [5.41, 5.74) is 8.72. The number of hydrogen-bond acceptors (Lipinski definition) is 5. The molecule has 0 saturated carbocycles. The molecule has 0 aliphatic rings. The van der Waals surface area contributed by atoms with Crippen LogP contribution in [0.1, 0.15) is 0 Å². The van der Waals surface area contributed by atoms with Gasteiger partial charge in [0.1, 0.15) is 16.7 Å². The van der Waals surface area contributed by atoms with Crippen LogP contribution in [0.2, 0.25) is 0 Å². The van der Waals surface area contributed by atoms with E-state index >= 15 is 0 Å². The second-order valence-corrected chi connectivity index (χ2v) is 9.67. The minimum Gasteiger partial charge on any atom is -0.456 e. The summed E-state index contributed by atoms with van der Waals surface area (Å²) in [6.07, 6.45) is 0. The van der Waals surface area contributed by atoms with E-state index in [9.17, 15) is 0 Å². The molecule has 0 spiro atoms. The number of fused-ring (bicyclic) bond motifs is 4. The lowest BCUT2D eigenvalue weighted by molar-refractivity contribution is 0.620. The van der Waals surface area contributed by atoms with Crippen molar-refractivity contribution in [2.75, 3.05) is 0 Å². The standard InChI is InChI=1S/C35H21N3O2/c1-3-10-22(11-4-1)28-21-29(23-12-5-2-6-13-23)37-34(36-28)25-14-9-17-32-33(25)26-20-24(18-19-30(26)39-32)35-38-27-15-7-8-16-31(27)40-35/h1-21H. The van der Waals surface area contributed by atoms with Crippen LogP contribution in [0.15, 0.2) is 136 Å². The fourth-order valence-electron chi connectivity index (χ4n) is 5.22. The van der Waals surface area contributed by atoms with Gasteiger partial charge in [-0.1, -0.05) is 84.9 Å². The number of oxazole rings is 1. The molecule has 5 nitrogen and oxygen atoms in total. The number of rotatable bonds is 4. The van der Waals surface area contributed by atoms with Crippen LogP contribution >= 0.6 is 0 Å². The summed E-state index contributed by atoms with van der Waals surface area (Å²) in [6, 6.07) is 42.3. The molecule has 8 aromatic rings. The van der Waals surface area contributed by atoms with Gasteiger partial charge in [0.25, 0.3) is 0 Å². The van der Waals surface area contributed by atoms with Crippen molar-refractivity contribution < 1.29 is 8.83 Å². The Bertz CT molecular complexity index is 2070. The van der Waals surface area contributed by atoms with E-state index in [0.29, 0.717) is 11.7 Å². The van der Waals surface area contributed by atoms with Crippen molar-refractivity contribution in [3.05, 3.63) is 127 Å². The van der Waals surface area contributed by atoms with Crippen LogP contribution in [0.25, 0.3) is 78.4 Å². The lowest BCUT2D eigenvalue weighted by atomic mass is 10.0. The molecule has 5 aromatic carbocycles. The minimum absolute atomic E-state index is 0.573. The fraction of sp³-hybridized carbons (Fsp3) is 0. The minimum atomic E-state index is 0.573. The van der Waals surface area contributed by atoms with Crippen LogP contribution in [0.3, 0.4) is 0 Å². The first-order chi connectivity index (χ1) is 19.8. The van der Waals surface area contributed by atoms with Gasteiger partial charge < -0.3 is 8.83 Å². The van der Waals surface area contributed by atoms with Gasteiger partial charge in [-0.3, -0.25) is 0 Å². The Labute approximate surface area is 229 Å². The molecule has 0 amide bonds. The Hall–Kier alpha value is -5.55. The maximum Gasteiger partial charge on any atom is 0.227 e. The highest BCUT2D eigenvalue weighted by Gasteiger charge is 2.18. The first kappa shape index (κ1) is 22.4. The van der Waals surface area contributed by atoms with Gasteiger partial charge in [0.2, 0.25) is 5.89 Å². The summed E-state index contributed by atoms with van der Waals surface area (Å²) in [6.45, 7) is 0. The van der Waals surface area contributed by atoms with Crippen molar-refractivity contribution in [3.8, 4) is 45.4 Å². The third kappa shape index (κ3) is 3.76. The number of hydrogen-bond donors (Lipinski definition) is 0. The summed E-state index contributed by atoms with van der Waals surface area (Å²) < 4.78 is 12.4. The average Bonchev–Trinajstić information content (AvgIpc) is 3.63. The lowest BCUT2D eigenvalue weighted by Crippen LogP contribution is -1.96. The van der Waals surface area contributed by atoms with E-state index in [1.807, 2.05) is 91.0 Å². The predicted octanol–water partition coefficient (Wildman–Crippen LogP) is 9.19. The zero-order chi connectivity index (χ0) is 26.5. The Morgan fingerprint density at radius 1 is 0.450 bits per heavy atom. The van der Waals surface area contributed by atoms with E-state index in [2.05, 4.69) is 36.4 Å². The van der Waals surface area contributed by atoms with Crippen LogP contribution in [-0.4, -0.2) is 15.0 Å². The number of nitrogens with zero attached hydrogens (tertiary/aromatic N) is 3. The summed E-state index contributed by atoms with van der Waals surface area (Å²) in [7, 11) is 0. The molecule has 0 fully saturated rings. The van der Waals surface area contributed by atoms with Crippen molar-refractivity contribution in [1.82, 2.24) is 15.0 Å². The van der Waals surface area contributed by atoms with Gasteiger partial charge in [0.15, 0.2) is 11.4 Å². The molecule has 0 aliphatic carbocycles. The molecule has 3 aromatic heterocycles. The lowest BCUT2D eigenvalue weighted by Gasteiger charge is -2.10. The molecule has 0 bridgehead atoms. The van der Waals surface area contributed by atoms with E-state index in [0.717, 1.165) is 66.7 Å². The molecule has 3 heterocycles. The maximum atomic E-state index is 6.29. The van der Waals surface area contributed by atoms with Gasteiger partial charge in [-0.2, -0.15) is 0 Å². The number of benzene rings is 5. The van der Waals surface area contributed by atoms with Crippen LogP contribution in [0.4, 0.5) is 0 Å². The number of aromatic nitrogens is 3. The molecule has 5 heteroatoms. The maximum absolute atomic E-state index is 6.29. The van der Waals surface area contributed by atoms with E-state index < -0.39 is 0 Å². The van der Waals surface area contributed by atoms with Crippen LogP contribution in [0.5, 0.6) is 0 Å². The van der Waals surface area contributed by atoms with Crippen molar-refractivity contribution in [1.29, 1.82) is 0 Å². The van der Waals surface area contributed by atoms with Gasteiger partial charge in [-0.25, -0.2) is 15.0 Å². The third-order valence-electron chi connectivity index (χ3n) is 7.14. The summed E-state index contributed by atoms with van der Waals surface area (Å²) in [5, 5.41) is 1.92. The normalized spacial score (nSPS) is 11.5. The molecule has 0 aliphatic heterocycles. The molecular formula is C35H21N3O2. The molecule has 0 atom stereocenters. The molecule has 40 heavy (non-hydrogen) atoms. The monoisotopic (exact) mass is 515 g/mol. The van der Waals surface area contributed by atoms with Crippen molar-refractivity contribution in [2.24, 2.45) is 0 Å². The highest BCUT2D eigenvalue weighted by Crippen LogP contribution is 2.39. The topological polar surface area (TPSA) is 65.0 Å². The predicted molar refractivity (Wildman–Crippen MR) is 159 cm³/mol. The van der Waals surface area contributed by atoms with Crippen molar-refractivity contribution in [3.63, 3.8) is 0 Å². The summed E-state index contributed by atoms with van der Waals surface area (Å²) in [4.78, 5) is 14.8. The first-order valence-corrected chi connectivity index (χ1v) is 13.1. The van der Waals surface area contributed by atoms with Crippen LogP contribution in [-0.2, 0) is 0 Å². The van der Waals surface area contributed by atoms with E-state index in [1.54, 1.807) is 0 Å². The largest absolute Gasteiger partial charge is 0.456 e. The van der Waals surface area contributed by atoms with E-state index in [4.69, 9.17) is 23.8 Å². The number of para-hydroxylation sites is 2. The highest BCUT2D eigenvalue weighted by molar-refractivity contribution is 6.12. The molecule has 188 valence electrons. The van der Waals surface area contributed by atoms with E-state index in [1.165, 1.54) is 0 Å². The molecule has 8 rings (SSSR count). The van der Waals surface area contributed by atoms with Gasteiger partial charge >= 0.3 is 0 Å². The SMILES string of the molecule is c1ccc(-c2cc(-c3ccccc3)nc(-c3cccc4oc5ccc(-c6nc7ccccc7o6)cc5c34)n2)cc1. The van der Waals surface area contributed by atoms with Crippen molar-refractivity contribution >= 4 is 33.0 Å². The molecule has 0 radical (unpaired) electrons. The second kappa shape index (κ2) is 9.03. The Balaban J connectivity index is 1.36. The van der Waals surface area contributed by atoms with E-state index in [-0.39, 0.29) is 0 Å². The molecule has 0 N–H and O–H groups in total. The average molecular weight is 516 g/mol. The van der Waals surface area contributed by atoms with Crippen molar-refractivity contribution in [2.45, 2.75) is 0 Å². The molecule has 0 unspecified atom stereocenters. The zero-order valence-corrected chi connectivity index (χ0v) is 21.3. The summed E-state index contributed by atoms with van der Waals surface area (Å²) >= 11 is 0. The first-order valence-electron chi connectivity index (χ1n) is 13.1. The third-order valence-corrected chi connectivity index (χ3v) is 7.14. The fourth-order valence-corrected chi connectivity index (χ4v) is 5.22. The molecule has 0 saturated heterocycles. The van der Waals surface area contributed by atoms with Gasteiger partial charge in [-0.15, -0.1) is 0 Å². The Morgan fingerprint density at radius 2 is 1.12 bits per heavy atom. The Morgan fingerprint density at radius 3 is 1.85 bits per heavy atom. The van der Waals surface area contributed by atoms with Crippen LogP contribution < -0.4 is 0 Å².